The Morgan fingerprint density at radius 3 is 1.85 bits per heavy atom. The summed E-state index contributed by atoms with van der Waals surface area (Å²) < 4.78 is 38.2. The molecule has 8 heteroatoms. The second-order valence-electron chi connectivity index (χ2n) is 12.6. The molecular formula is C32H50O8. The minimum Gasteiger partial charge on any atom is -0.453 e. The van der Waals surface area contributed by atoms with Gasteiger partial charge in [0.25, 0.3) is 0 Å². The lowest BCUT2D eigenvalue weighted by Crippen LogP contribution is -2.60. The number of hydrogen-bond donors (Lipinski definition) is 1. The molecule has 0 bridgehead atoms. The molecule has 3 saturated heterocycles. The van der Waals surface area contributed by atoms with Crippen LogP contribution in [0.3, 0.4) is 0 Å². The minimum absolute atomic E-state index is 0.00947. The molecule has 226 valence electrons. The summed E-state index contributed by atoms with van der Waals surface area (Å²) in [4.78, 5) is 13.1. The number of aliphatic hydroxyl groups is 1. The third-order valence-corrected chi connectivity index (χ3v) is 10.2. The predicted octanol–water partition coefficient (Wildman–Crippen LogP) is 5.07. The highest BCUT2D eigenvalue weighted by Crippen LogP contribution is 2.40. The highest BCUT2D eigenvalue weighted by Gasteiger charge is 2.50. The SMILES string of the molecule is CC1[C@H](O[C@@H]2C(CO)O[C@@H](C)C(O[C@@H]3OC(C)[C@H](C)[C@H](C)C3OC(=O)c3ccccc3)[C@H]2C)OC(C)[C@H](C)[C@@H]1C. The third kappa shape index (κ3) is 6.42. The normalized spacial score (nSPS) is 46.1. The van der Waals surface area contributed by atoms with Crippen LogP contribution in [0.25, 0.3) is 0 Å². The summed E-state index contributed by atoms with van der Waals surface area (Å²) in [6, 6.07) is 8.98. The molecule has 0 saturated carbocycles. The van der Waals surface area contributed by atoms with E-state index < -0.39 is 43.0 Å². The van der Waals surface area contributed by atoms with Gasteiger partial charge in [0.15, 0.2) is 18.7 Å². The molecule has 3 fully saturated rings. The van der Waals surface area contributed by atoms with Gasteiger partial charge in [0.2, 0.25) is 0 Å². The smallest absolute Gasteiger partial charge is 0.338 e. The number of benzene rings is 1. The number of aliphatic hydroxyl groups excluding tert-OH is 1. The van der Waals surface area contributed by atoms with E-state index in [1.165, 1.54) is 0 Å². The summed E-state index contributed by atoms with van der Waals surface area (Å²) in [7, 11) is 0. The molecule has 40 heavy (non-hydrogen) atoms. The first kappa shape index (κ1) is 31.4. The highest BCUT2D eigenvalue weighted by atomic mass is 16.7. The lowest BCUT2D eigenvalue weighted by Gasteiger charge is -2.50. The van der Waals surface area contributed by atoms with Gasteiger partial charge in [0, 0.05) is 17.8 Å². The van der Waals surface area contributed by atoms with Crippen molar-refractivity contribution in [1.29, 1.82) is 0 Å². The van der Waals surface area contributed by atoms with Gasteiger partial charge < -0.3 is 33.5 Å². The Labute approximate surface area is 240 Å². The van der Waals surface area contributed by atoms with Crippen LogP contribution in [0, 0.1) is 35.5 Å². The van der Waals surface area contributed by atoms with E-state index in [0.29, 0.717) is 17.4 Å². The van der Waals surface area contributed by atoms with Crippen molar-refractivity contribution in [2.75, 3.05) is 6.61 Å². The summed E-state index contributed by atoms with van der Waals surface area (Å²) in [5.74, 6) is 0.647. The van der Waals surface area contributed by atoms with Crippen LogP contribution in [0.5, 0.6) is 0 Å². The Balaban J connectivity index is 1.53. The van der Waals surface area contributed by atoms with E-state index in [2.05, 4.69) is 48.5 Å². The zero-order valence-electron chi connectivity index (χ0n) is 25.6. The van der Waals surface area contributed by atoms with Crippen LogP contribution < -0.4 is 0 Å². The topological polar surface area (TPSA) is 92.7 Å². The Morgan fingerprint density at radius 1 is 0.650 bits per heavy atom. The molecule has 3 heterocycles. The summed E-state index contributed by atoms with van der Waals surface area (Å²) in [5.41, 5.74) is 0.487. The molecule has 8 nitrogen and oxygen atoms in total. The number of hydrogen-bond acceptors (Lipinski definition) is 8. The van der Waals surface area contributed by atoms with Crippen molar-refractivity contribution in [2.45, 2.75) is 118 Å². The summed E-state index contributed by atoms with van der Waals surface area (Å²) >= 11 is 0. The average Bonchev–Trinajstić information content (AvgIpc) is 2.94. The van der Waals surface area contributed by atoms with Crippen molar-refractivity contribution in [2.24, 2.45) is 35.5 Å². The molecular weight excluding hydrogens is 512 g/mol. The van der Waals surface area contributed by atoms with Gasteiger partial charge in [-0.25, -0.2) is 4.79 Å². The standard InChI is InChI=1S/C32H50O8/c1-16-17(2)22(7)36-31(20(16)5)40-28-21(6)27(24(9)35-26(28)15-33)39-32-29(19(4)18(3)23(8)37-32)38-30(34)25-13-11-10-12-14-25/h10-14,16-24,26-29,31-33H,15H2,1-9H3/t16-,17+,18+,19-,20?,21+,22?,23?,24-,26?,27?,28-,29?,31-,32-/m0/s1. The third-order valence-electron chi connectivity index (χ3n) is 10.2. The van der Waals surface area contributed by atoms with Crippen molar-refractivity contribution < 1.29 is 38.3 Å². The van der Waals surface area contributed by atoms with E-state index in [1.54, 1.807) is 12.1 Å². The van der Waals surface area contributed by atoms with E-state index in [1.807, 2.05) is 32.0 Å². The zero-order chi connectivity index (χ0) is 29.3. The van der Waals surface area contributed by atoms with Crippen LogP contribution in [0.15, 0.2) is 30.3 Å². The molecule has 15 atom stereocenters. The van der Waals surface area contributed by atoms with Crippen molar-refractivity contribution in [3.63, 3.8) is 0 Å². The van der Waals surface area contributed by atoms with Gasteiger partial charge in [-0.3, -0.25) is 0 Å². The maximum atomic E-state index is 13.1. The van der Waals surface area contributed by atoms with Gasteiger partial charge in [-0.1, -0.05) is 59.7 Å². The first-order valence-electron chi connectivity index (χ1n) is 15.1. The largest absolute Gasteiger partial charge is 0.453 e. The molecule has 0 aliphatic carbocycles. The second kappa shape index (κ2) is 13.2. The van der Waals surface area contributed by atoms with Gasteiger partial charge in [0.05, 0.1) is 42.7 Å². The maximum Gasteiger partial charge on any atom is 0.338 e. The maximum absolute atomic E-state index is 13.1. The fourth-order valence-electron chi connectivity index (χ4n) is 6.48. The highest BCUT2D eigenvalue weighted by molar-refractivity contribution is 5.89. The Kier molecular flexibility index (Phi) is 10.3. The van der Waals surface area contributed by atoms with Crippen LogP contribution in [0.2, 0.25) is 0 Å². The van der Waals surface area contributed by atoms with Crippen molar-refractivity contribution in [3.05, 3.63) is 35.9 Å². The molecule has 6 unspecified atom stereocenters. The zero-order valence-corrected chi connectivity index (χ0v) is 25.6. The van der Waals surface area contributed by atoms with E-state index in [4.69, 9.17) is 28.4 Å². The summed E-state index contributed by atoms with van der Waals surface area (Å²) in [5, 5.41) is 10.2. The van der Waals surface area contributed by atoms with E-state index in [-0.39, 0.29) is 48.6 Å². The number of esters is 1. The van der Waals surface area contributed by atoms with E-state index >= 15 is 0 Å². The monoisotopic (exact) mass is 562 g/mol. The minimum atomic E-state index is -0.774. The van der Waals surface area contributed by atoms with E-state index in [0.717, 1.165) is 0 Å². The summed E-state index contributed by atoms with van der Waals surface area (Å²) in [6.07, 6.45) is -3.52. The number of ether oxygens (including phenoxy) is 6. The number of carbonyl (C=O) groups is 1. The average molecular weight is 563 g/mol. The Morgan fingerprint density at radius 2 is 1.23 bits per heavy atom. The molecule has 3 aliphatic heterocycles. The lowest BCUT2D eigenvalue weighted by atomic mass is 9.79. The van der Waals surface area contributed by atoms with E-state index in [9.17, 15) is 9.90 Å². The Bertz CT molecular complexity index is 957. The van der Waals surface area contributed by atoms with Gasteiger partial charge in [-0.15, -0.1) is 0 Å². The second-order valence-corrected chi connectivity index (χ2v) is 12.6. The lowest BCUT2D eigenvalue weighted by molar-refractivity contribution is -0.336. The fraction of sp³-hybridized carbons (Fsp3) is 0.781. The predicted molar refractivity (Wildman–Crippen MR) is 150 cm³/mol. The first-order chi connectivity index (χ1) is 18.9. The van der Waals surface area contributed by atoms with Crippen LogP contribution in [0.1, 0.15) is 72.7 Å². The molecule has 4 rings (SSSR count). The Hall–Kier alpha value is -1.55. The number of rotatable bonds is 7. The molecule has 0 aromatic heterocycles. The first-order valence-corrected chi connectivity index (χ1v) is 15.1. The van der Waals surface area contributed by atoms with Gasteiger partial charge in [0.1, 0.15) is 6.10 Å². The fourth-order valence-corrected chi connectivity index (χ4v) is 6.48. The van der Waals surface area contributed by atoms with Gasteiger partial charge in [-0.2, -0.15) is 0 Å². The van der Waals surface area contributed by atoms with Crippen LogP contribution in [0.4, 0.5) is 0 Å². The van der Waals surface area contributed by atoms with Crippen molar-refractivity contribution in [1.82, 2.24) is 0 Å². The molecule has 0 amide bonds. The molecule has 0 spiro atoms. The molecule has 1 aromatic carbocycles. The van der Waals surface area contributed by atoms with Gasteiger partial charge in [-0.05, 0) is 50.7 Å². The number of carbonyl (C=O) groups excluding carboxylic acids is 1. The quantitative estimate of drug-likeness (QED) is 0.461. The van der Waals surface area contributed by atoms with Crippen LogP contribution in [-0.4, -0.2) is 73.0 Å². The van der Waals surface area contributed by atoms with Crippen LogP contribution >= 0.6 is 0 Å². The molecule has 0 radical (unpaired) electrons. The summed E-state index contributed by atoms with van der Waals surface area (Å²) in [6.45, 7) is 18.7. The van der Waals surface area contributed by atoms with Crippen molar-refractivity contribution in [3.8, 4) is 0 Å². The van der Waals surface area contributed by atoms with Crippen LogP contribution in [-0.2, 0) is 28.4 Å². The molecule has 3 aliphatic rings. The molecule has 1 aromatic rings. The molecule has 1 N–H and O–H groups in total. The van der Waals surface area contributed by atoms with Gasteiger partial charge >= 0.3 is 5.97 Å². The van der Waals surface area contributed by atoms with Crippen molar-refractivity contribution >= 4 is 5.97 Å².